The van der Waals surface area contributed by atoms with Gasteiger partial charge in [0.25, 0.3) is 5.56 Å². The topological polar surface area (TPSA) is 50.6 Å². The average molecular weight is 354 g/mol. The lowest BCUT2D eigenvalue weighted by molar-refractivity contribution is -0.0195. The SMILES string of the molecule is CN(CC1CN(C/C=C/c2ccccc2)CCO1)c1nccn(C)c1=O. The third kappa shape index (κ3) is 4.80. The molecule has 1 saturated heterocycles. The van der Waals surface area contributed by atoms with Crippen molar-refractivity contribution < 1.29 is 4.74 Å². The summed E-state index contributed by atoms with van der Waals surface area (Å²) in [4.78, 5) is 20.7. The molecule has 2 aromatic rings. The van der Waals surface area contributed by atoms with Crippen molar-refractivity contribution in [2.75, 3.05) is 44.7 Å². The third-order valence-corrected chi connectivity index (χ3v) is 4.53. The Kier molecular flexibility index (Phi) is 6.20. The van der Waals surface area contributed by atoms with Crippen LogP contribution in [0.15, 0.2) is 53.6 Å². The Morgan fingerprint density at radius 2 is 2.15 bits per heavy atom. The molecule has 1 fully saturated rings. The predicted octanol–water partition coefficient (Wildman–Crippen LogP) is 1.63. The van der Waals surface area contributed by atoms with Gasteiger partial charge in [-0.05, 0) is 5.56 Å². The van der Waals surface area contributed by atoms with Gasteiger partial charge >= 0.3 is 0 Å². The van der Waals surface area contributed by atoms with Crippen LogP contribution >= 0.6 is 0 Å². The molecule has 1 aliphatic rings. The highest BCUT2D eigenvalue weighted by Crippen LogP contribution is 2.10. The number of nitrogens with zero attached hydrogens (tertiary/aromatic N) is 4. The van der Waals surface area contributed by atoms with Crippen LogP contribution in [0.4, 0.5) is 5.82 Å². The maximum absolute atomic E-state index is 12.2. The van der Waals surface area contributed by atoms with E-state index in [0.29, 0.717) is 19.0 Å². The quantitative estimate of drug-likeness (QED) is 0.789. The fraction of sp³-hybridized carbons (Fsp3) is 0.400. The van der Waals surface area contributed by atoms with E-state index in [1.807, 2.05) is 30.1 Å². The van der Waals surface area contributed by atoms with Crippen molar-refractivity contribution in [2.45, 2.75) is 6.10 Å². The van der Waals surface area contributed by atoms with Crippen LogP contribution < -0.4 is 10.5 Å². The number of aryl methyl sites for hydroxylation is 1. The standard InChI is InChI=1S/C20H26N4O2/c1-22-12-10-21-19(20(22)25)23(2)15-18-16-24(13-14-26-18)11-6-9-17-7-4-3-5-8-17/h3-10,12,18H,11,13-16H2,1-2H3/b9-6+. The highest BCUT2D eigenvalue weighted by atomic mass is 16.5. The summed E-state index contributed by atoms with van der Waals surface area (Å²) in [5.41, 5.74) is 1.12. The number of anilines is 1. The van der Waals surface area contributed by atoms with Crippen LogP contribution in [0.1, 0.15) is 5.56 Å². The highest BCUT2D eigenvalue weighted by molar-refractivity contribution is 5.48. The Hall–Kier alpha value is -2.44. The molecule has 0 spiro atoms. The summed E-state index contributed by atoms with van der Waals surface area (Å²) in [6.07, 6.45) is 7.71. The average Bonchev–Trinajstić information content (AvgIpc) is 2.65. The summed E-state index contributed by atoms with van der Waals surface area (Å²) in [7, 11) is 3.63. The van der Waals surface area contributed by atoms with Crippen molar-refractivity contribution in [3.63, 3.8) is 0 Å². The summed E-state index contributed by atoms with van der Waals surface area (Å²) in [5, 5.41) is 0. The predicted molar refractivity (Wildman–Crippen MR) is 104 cm³/mol. The van der Waals surface area contributed by atoms with Gasteiger partial charge in [-0.1, -0.05) is 42.5 Å². The van der Waals surface area contributed by atoms with Gasteiger partial charge in [-0.3, -0.25) is 9.69 Å². The normalized spacial score (nSPS) is 18.3. The summed E-state index contributed by atoms with van der Waals surface area (Å²) < 4.78 is 7.43. The van der Waals surface area contributed by atoms with Crippen LogP contribution in [0.25, 0.3) is 6.08 Å². The smallest absolute Gasteiger partial charge is 0.293 e. The number of morpholine rings is 1. The van der Waals surface area contributed by atoms with Crippen molar-refractivity contribution in [3.05, 3.63) is 64.7 Å². The Morgan fingerprint density at radius 1 is 1.35 bits per heavy atom. The van der Waals surface area contributed by atoms with Gasteiger partial charge in [-0.2, -0.15) is 0 Å². The van der Waals surface area contributed by atoms with Crippen molar-refractivity contribution in [1.29, 1.82) is 0 Å². The second kappa shape index (κ2) is 8.78. The van der Waals surface area contributed by atoms with Gasteiger partial charge in [0.1, 0.15) is 0 Å². The Balaban J connectivity index is 1.54. The zero-order valence-corrected chi connectivity index (χ0v) is 15.4. The first-order valence-electron chi connectivity index (χ1n) is 8.92. The van der Waals surface area contributed by atoms with E-state index in [2.05, 4.69) is 34.2 Å². The lowest BCUT2D eigenvalue weighted by Crippen LogP contribution is -2.47. The molecule has 138 valence electrons. The molecule has 6 nitrogen and oxygen atoms in total. The van der Waals surface area contributed by atoms with E-state index in [9.17, 15) is 4.79 Å². The molecule has 1 aliphatic heterocycles. The largest absolute Gasteiger partial charge is 0.374 e. The fourth-order valence-electron chi connectivity index (χ4n) is 3.10. The van der Waals surface area contributed by atoms with Crippen LogP contribution in [0.5, 0.6) is 0 Å². The summed E-state index contributed by atoms with van der Waals surface area (Å²) in [5.74, 6) is 0.458. The van der Waals surface area contributed by atoms with Crippen molar-refractivity contribution >= 4 is 11.9 Å². The highest BCUT2D eigenvalue weighted by Gasteiger charge is 2.22. The molecular formula is C20H26N4O2. The van der Waals surface area contributed by atoms with Crippen LogP contribution in [0.2, 0.25) is 0 Å². The van der Waals surface area contributed by atoms with E-state index in [1.165, 1.54) is 5.56 Å². The second-order valence-corrected chi connectivity index (χ2v) is 6.61. The van der Waals surface area contributed by atoms with E-state index >= 15 is 0 Å². The number of benzene rings is 1. The summed E-state index contributed by atoms with van der Waals surface area (Å²) in [6, 6.07) is 10.3. The Morgan fingerprint density at radius 3 is 2.96 bits per heavy atom. The molecule has 1 aromatic heterocycles. The molecule has 1 unspecified atom stereocenters. The number of hydrogen-bond acceptors (Lipinski definition) is 5. The van der Waals surface area contributed by atoms with E-state index in [0.717, 1.165) is 19.6 Å². The van der Waals surface area contributed by atoms with Gasteiger partial charge < -0.3 is 14.2 Å². The minimum absolute atomic E-state index is 0.0607. The molecule has 2 heterocycles. The van der Waals surface area contributed by atoms with Crippen molar-refractivity contribution in [1.82, 2.24) is 14.5 Å². The van der Waals surface area contributed by atoms with Crippen LogP contribution in [-0.2, 0) is 11.8 Å². The monoisotopic (exact) mass is 354 g/mol. The maximum Gasteiger partial charge on any atom is 0.293 e. The van der Waals surface area contributed by atoms with Crippen molar-refractivity contribution in [3.8, 4) is 0 Å². The number of aromatic nitrogens is 2. The second-order valence-electron chi connectivity index (χ2n) is 6.61. The van der Waals surface area contributed by atoms with Gasteiger partial charge in [0.2, 0.25) is 0 Å². The molecule has 0 N–H and O–H groups in total. The molecular weight excluding hydrogens is 328 g/mol. The van der Waals surface area contributed by atoms with E-state index in [1.54, 1.807) is 24.0 Å². The zero-order chi connectivity index (χ0) is 18.4. The molecule has 3 rings (SSSR count). The molecule has 1 aromatic carbocycles. The van der Waals surface area contributed by atoms with Gasteiger partial charge in [0, 0.05) is 52.7 Å². The molecule has 0 radical (unpaired) electrons. The first-order chi connectivity index (χ1) is 12.6. The van der Waals surface area contributed by atoms with Gasteiger partial charge in [0.05, 0.1) is 12.7 Å². The first kappa shape index (κ1) is 18.4. The van der Waals surface area contributed by atoms with E-state index in [4.69, 9.17) is 4.74 Å². The van der Waals surface area contributed by atoms with Gasteiger partial charge in [-0.15, -0.1) is 0 Å². The number of rotatable bonds is 6. The summed E-state index contributed by atoms with van der Waals surface area (Å²) >= 11 is 0. The molecule has 0 bridgehead atoms. The molecule has 0 aliphatic carbocycles. The van der Waals surface area contributed by atoms with Gasteiger partial charge in [0.15, 0.2) is 5.82 Å². The van der Waals surface area contributed by atoms with E-state index < -0.39 is 0 Å². The zero-order valence-electron chi connectivity index (χ0n) is 15.4. The van der Waals surface area contributed by atoms with Crippen LogP contribution in [0, 0.1) is 0 Å². The first-order valence-corrected chi connectivity index (χ1v) is 8.92. The van der Waals surface area contributed by atoms with Gasteiger partial charge in [-0.25, -0.2) is 4.98 Å². The molecule has 1 atom stereocenters. The van der Waals surface area contributed by atoms with Crippen molar-refractivity contribution in [2.24, 2.45) is 7.05 Å². The number of hydrogen-bond donors (Lipinski definition) is 0. The summed E-state index contributed by atoms with van der Waals surface area (Å²) in [6.45, 7) is 4.01. The minimum atomic E-state index is -0.0894. The Bertz CT molecular complexity index is 788. The van der Waals surface area contributed by atoms with E-state index in [-0.39, 0.29) is 11.7 Å². The molecule has 0 saturated carbocycles. The molecule has 26 heavy (non-hydrogen) atoms. The Labute approximate surface area is 154 Å². The molecule has 0 amide bonds. The third-order valence-electron chi connectivity index (χ3n) is 4.53. The lowest BCUT2D eigenvalue weighted by Gasteiger charge is -2.34. The number of likely N-dealkylation sites (N-methyl/N-ethyl adjacent to an activating group) is 1. The maximum atomic E-state index is 12.2. The van der Waals surface area contributed by atoms with Crippen LogP contribution in [-0.4, -0.2) is 60.4 Å². The minimum Gasteiger partial charge on any atom is -0.374 e. The fourth-order valence-corrected chi connectivity index (χ4v) is 3.10. The number of ether oxygens (including phenoxy) is 1. The van der Waals surface area contributed by atoms with Crippen LogP contribution in [0.3, 0.4) is 0 Å². The lowest BCUT2D eigenvalue weighted by atomic mass is 10.2. The molecule has 6 heteroatoms.